The molecule has 5 heterocycles. The number of aromatic nitrogens is 6. The van der Waals surface area contributed by atoms with Crippen molar-refractivity contribution in [3.8, 4) is 0 Å². The van der Waals surface area contributed by atoms with Crippen LogP contribution in [-0.4, -0.2) is 102 Å². The van der Waals surface area contributed by atoms with Gasteiger partial charge in [0, 0.05) is 43.9 Å². The Morgan fingerprint density at radius 2 is 0.986 bits per heavy atom. The molecule has 1 atom stereocenters. The van der Waals surface area contributed by atoms with Gasteiger partial charge in [0.25, 0.3) is 17.7 Å². The van der Waals surface area contributed by atoms with Gasteiger partial charge in [-0.15, -0.1) is 15.3 Å². The average molecular weight is 1080 g/mol. The number of anilines is 3. The number of ether oxygens (including phenoxy) is 1. The lowest BCUT2D eigenvalue weighted by atomic mass is 9.97. The number of nitrogens with two attached hydrogens (primary N) is 1. The zero-order valence-corrected chi connectivity index (χ0v) is 39.1. The predicted molar refractivity (Wildman–Crippen MR) is 238 cm³/mol. The van der Waals surface area contributed by atoms with E-state index in [2.05, 4.69) is 51.4 Å². The molecule has 2 saturated heterocycles. The van der Waals surface area contributed by atoms with Gasteiger partial charge in [-0.25, -0.2) is 0 Å². The van der Waals surface area contributed by atoms with E-state index in [-0.39, 0.29) is 96.6 Å². The number of carbonyl (C=O) groups is 4. The van der Waals surface area contributed by atoms with Crippen molar-refractivity contribution in [2.75, 3.05) is 42.7 Å². The number of hydrogen-bond donors (Lipinski definition) is 4. The molecule has 3 aromatic heterocycles. The zero-order valence-electron chi connectivity index (χ0n) is 36.6. The van der Waals surface area contributed by atoms with Crippen LogP contribution in [0.1, 0.15) is 91.2 Å². The number of nitrogens with zero attached hydrogens (tertiary/aromatic N) is 7. The minimum absolute atomic E-state index is 0.0481. The molecule has 3 aromatic carbocycles. The summed E-state index contributed by atoms with van der Waals surface area (Å²) in [4.78, 5) is 48.9. The van der Waals surface area contributed by atoms with Gasteiger partial charge in [0.15, 0.2) is 0 Å². The van der Waals surface area contributed by atoms with Crippen LogP contribution < -0.4 is 21.7 Å². The number of alkyl halides is 9. The second-order valence-corrected chi connectivity index (χ2v) is 18.3. The highest BCUT2D eigenvalue weighted by molar-refractivity contribution is 8.00. The van der Waals surface area contributed by atoms with Crippen LogP contribution in [0.5, 0.6) is 0 Å². The van der Waals surface area contributed by atoms with E-state index in [1.807, 2.05) is 7.05 Å². The molecule has 6 aromatic rings. The Kier molecular flexibility index (Phi) is 18.3. The molecule has 8 rings (SSSR count). The number of nitrogens with one attached hydrogen (secondary N) is 3. The molecule has 4 amide bonds. The Hall–Kier alpha value is -6.70. The fourth-order valence-corrected chi connectivity index (χ4v) is 8.08. The summed E-state index contributed by atoms with van der Waals surface area (Å²) in [6, 6.07) is 14.7. The normalized spacial score (nSPS) is 15.4. The third-order valence-corrected chi connectivity index (χ3v) is 11.6. The van der Waals surface area contributed by atoms with Crippen molar-refractivity contribution >= 4 is 77.0 Å². The number of hydrogen-bond acceptors (Lipinski definition) is 18. The summed E-state index contributed by atoms with van der Waals surface area (Å²) >= 11 is -0.908. The number of likely N-dealkylation sites (tertiary alicyclic amines) is 1. The first-order valence-electron chi connectivity index (χ1n) is 20.6. The van der Waals surface area contributed by atoms with Gasteiger partial charge in [-0.3, -0.25) is 35.1 Å². The summed E-state index contributed by atoms with van der Waals surface area (Å²) in [5.74, 6) is -2.61. The quantitative estimate of drug-likeness (QED) is 0.0656. The molecule has 0 aliphatic carbocycles. The lowest BCUT2D eigenvalue weighted by molar-refractivity contribution is -0.0337. The molecule has 1 unspecified atom stereocenters. The fraction of sp³-hybridized carbons (Fsp3) is 0.317. The lowest BCUT2D eigenvalue weighted by Crippen LogP contribution is -2.29. The van der Waals surface area contributed by atoms with Gasteiger partial charge in [-0.05, 0) is 136 Å². The molecule has 2 aliphatic heterocycles. The molecule has 72 heavy (non-hydrogen) atoms. The van der Waals surface area contributed by atoms with Gasteiger partial charge < -0.3 is 28.6 Å². The van der Waals surface area contributed by atoms with Crippen LogP contribution in [0.15, 0.2) is 101 Å². The van der Waals surface area contributed by atoms with Crippen molar-refractivity contribution in [1.29, 1.82) is 0 Å². The highest BCUT2D eigenvalue weighted by Gasteiger charge is 2.32. The Labute approximate surface area is 412 Å². The van der Waals surface area contributed by atoms with Crippen molar-refractivity contribution < 1.29 is 76.7 Å². The molecule has 0 bridgehead atoms. The van der Waals surface area contributed by atoms with Crippen LogP contribution in [0.4, 0.5) is 57.6 Å². The summed E-state index contributed by atoms with van der Waals surface area (Å²) in [6.07, 6.45) is 3.14. The Balaban J connectivity index is 0.000000177. The number of thioether (sulfide) groups is 3. The first kappa shape index (κ1) is 54.6. The van der Waals surface area contributed by atoms with Crippen molar-refractivity contribution in [2.45, 2.75) is 68.9 Å². The third kappa shape index (κ3) is 17.6. The molecular weight excluding hydrogens is 1040 g/mol. The number of carbonyl (C=O) groups excluding carboxylic acids is 4. The summed E-state index contributed by atoms with van der Waals surface area (Å²) in [6.45, 7) is 2.47. The van der Waals surface area contributed by atoms with Crippen molar-refractivity contribution in [3.63, 3.8) is 0 Å². The SMILES string of the molecule is CN1CCC(c2nnc(NC(=O)c3cccc(SC(F)(F)F)c3)o2)CC1.NC(=O)c1nnc(NC(=O)c2cccc(SC(F)(F)F)c2)o1.O=C(Nc1nnc(C2CCCO2)o1)c1cccc(SC(F)(F)F)c1. The molecular formula is C41H36F9N11O8S3. The number of primary amides is 1. The largest absolute Gasteiger partial charge is 0.446 e. The van der Waals surface area contributed by atoms with Gasteiger partial charge in [0.05, 0.1) is 0 Å². The number of benzene rings is 3. The first-order chi connectivity index (χ1) is 33.9. The van der Waals surface area contributed by atoms with Gasteiger partial charge >= 0.3 is 46.4 Å². The van der Waals surface area contributed by atoms with E-state index < -0.39 is 52.1 Å². The van der Waals surface area contributed by atoms with Gasteiger partial charge in [0.2, 0.25) is 11.8 Å². The van der Waals surface area contributed by atoms with E-state index in [4.69, 9.17) is 23.7 Å². The topological polar surface area (TPSA) is 260 Å². The standard InChI is InChI=1S/C16H17F3N4O2S.C14H12F3N3O3S.C11H7F3N4O3S/c1-23-7-5-10(6-8-23)14-21-22-15(25-14)20-13(24)11-3-2-4-12(9-11)26-16(17,18)19;15-14(16,17)24-9-4-1-3-8(7-9)11(21)18-13-20-19-12(23-13)10-5-2-6-22-10;12-11(13,14)22-6-3-1-2-5(4-6)8(20)16-10-18-17-9(21-10)7(15)19/h2-4,9-10H,5-8H2,1H3,(H,20,22,24);1,3-4,7,10H,2,5-6H2,(H,18,20,21);1-4H,(H2,15,19)(H,16,18,20). The first-order valence-corrected chi connectivity index (χ1v) is 23.0. The molecule has 0 radical (unpaired) electrons. The molecule has 2 fully saturated rings. The number of amides is 4. The maximum absolute atomic E-state index is 12.5. The maximum atomic E-state index is 12.5. The summed E-state index contributed by atoms with van der Waals surface area (Å²) < 4.78 is 132. The van der Waals surface area contributed by atoms with E-state index in [0.717, 1.165) is 50.9 Å². The second-order valence-electron chi connectivity index (χ2n) is 14.8. The molecule has 19 nitrogen and oxygen atoms in total. The molecule has 0 spiro atoms. The van der Waals surface area contributed by atoms with Crippen molar-refractivity contribution in [2.24, 2.45) is 5.73 Å². The minimum atomic E-state index is -4.46. The third-order valence-electron chi connectivity index (χ3n) is 9.44. The summed E-state index contributed by atoms with van der Waals surface area (Å²) in [7, 11) is 2.04. The predicted octanol–water partition coefficient (Wildman–Crippen LogP) is 9.56. The Morgan fingerprint density at radius 3 is 1.38 bits per heavy atom. The molecule has 31 heteroatoms. The zero-order chi connectivity index (χ0) is 52.2. The summed E-state index contributed by atoms with van der Waals surface area (Å²) in [5.41, 5.74) is -8.31. The summed E-state index contributed by atoms with van der Waals surface area (Å²) in [5, 5.41) is 28.9. The molecule has 0 saturated carbocycles. The number of halogens is 9. The van der Waals surface area contributed by atoms with Gasteiger partial charge in [-0.2, -0.15) is 39.5 Å². The second kappa shape index (κ2) is 24.1. The van der Waals surface area contributed by atoms with Gasteiger partial charge in [0.1, 0.15) is 6.10 Å². The molecule has 5 N–H and O–H groups in total. The van der Waals surface area contributed by atoms with Crippen LogP contribution in [0.25, 0.3) is 0 Å². The highest BCUT2D eigenvalue weighted by atomic mass is 32.2. The number of rotatable bonds is 12. The smallest absolute Gasteiger partial charge is 0.408 e. The Bertz CT molecular complexity index is 2810. The minimum Gasteiger partial charge on any atom is -0.408 e. The van der Waals surface area contributed by atoms with Crippen LogP contribution in [0, 0.1) is 0 Å². The molecule has 2 aliphatic rings. The fourth-order valence-electron chi connectivity index (χ4n) is 6.28. The van der Waals surface area contributed by atoms with E-state index in [0.29, 0.717) is 12.5 Å². The van der Waals surface area contributed by atoms with Gasteiger partial charge in [-0.1, -0.05) is 33.5 Å². The number of piperidine rings is 1. The van der Waals surface area contributed by atoms with Crippen LogP contribution in [0.2, 0.25) is 0 Å². The average Bonchev–Trinajstić information content (AvgIpc) is 4.15. The monoisotopic (exact) mass is 1080 g/mol. The highest BCUT2D eigenvalue weighted by Crippen LogP contribution is 2.39. The van der Waals surface area contributed by atoms with Crippen molar-refractivity contribution in [3.05, 3.63) is 107 Å². The molecule has 384 valence electrons. The van der Waals surface area contributed by atoms with E-state index in [9.17, 15) is 58.7 Å². The van der Waals surface area contributed by atoms with E-state index >= 15 is 0 Å². The maximum Gasteiger partial charge on any atom is 0.446 e. The van der Waals surface area contributed by atoms with Crippen LogP contribution >= 0.6 is 35.3 Å². The van der Waals surface area contributed by atoms with E-state index in [1.54, 1.807) is 0 Å². The van der Waals surface area contributed by atoms with Crippen molar-refractivity contribution in [1.82, 2.24) is 35.5 Å². The van der Waals surface area contributed by atoms with Crippen LogP contribution in [0.3, 0.4) is 0 Å². The lowest BCUT2D eigenvalue weighted by Gasteiger charge is -2.26. The van der Waals surface area contributed by atoms with Crippen LogP contribution in [-0.2, 0) is 4.74 Å². The van der Waals surface area contributed by atoms with E-state index in [1.165, 1.54) is 60.7 Å². The Morgan fingerprint density at radius 1 is 0.583 bits per heavy atom.